The van der Waals surface area contributed by atoms with Crippen molar-refractivity contribution < 1.29 is 9.53 Å². The second kappa shape index (κ2) is 7.50. The normalized spacial score (nSPS) is 17.5. The van der Waals surface area contributed by atoms with Crippen molar-refractivity contribution in [1.82, 2.24) is 10.6 Å². The summed E-state index contributed by atoms with van der Waals surface area (Å²) in [6.07, 6.45) is 1.71. The van der Waals surface area contributed by atoms with E-state index in [9.17, 15) is 4.79 Å². The smallest absolute Gasteiger partial charge is 0.223 e. The van der Waals surface area contributed by atoms with Gasteiger partial charge < -0.3 is 15.4 Å². The summed E-state index contributed by atoms with van der Waals surface area (Å²) in [6, 6.07) is 7.35. The molecular weight excluding hydrogens is 276 g/mol. The van der Waals surface area contributed by atoms with Crippen LogP contribution in [0.1, 0.15) is 19.8 Å². The van der Waals surface area contributed by atoms with Crippen LogP contribution in [0.5, 0.6) is 5.75 Å². The minimum Gasteiger partial charge on any atom is -0.487 e. The maximum atomic E-state index is 12.0. The van der Waals surface area contributed by atoms with Crippen LogP contribution in [0.3, 0.4) is 0 Å². The Morgan fingerprint density at radius 3 is 2.85 bits per heavy atom. The van der Waals surface area contributed by atoms with Gasteiger partial charge in [-0.25, -0.2) is 0 Å². The Balaban J connectivity index is 1.76. The van der Waals surface area contributed by atoms with E-state index in [2.05, 4.69) is 10.6 Å². The number of carbonyl (C=O) groups is 1. The molecule has 0 radical (unpaired) electrons. The van der Waals surface area contributed by atoms with Crippen molar-refractivity contribution in [3.05, 3.63) is 29.3 Å². The van der Waals surface area contributed by atoms with E-state index in [1.165, 1.54) is 0 Å². The Bertz CT molecular complexity index is 447. The Kier molecular flexibility index (Phi) is 5.68. The number of rotatable bonds is 5. The maximum absolute atomic E-state index is 12.0. The fourth-order valence-electron chi connectivity index (χ4n) is 2.27. The zero-order valence-corrected chi connectivity index (χ0v) is 12.5. The number of carbonyl (C=O) groups excluding carboxylic acids is 1. The van der Waals surface area contributed by atoms with Crippen LogP contribution in [0.4, 0.5) is 0 Å². The van der Waals surface area contributed by atoms with Gasteiger partial charge in [0.25, 0.3) is 0 Å². The third-order valence-corrected chi connectivity index (χ3v) is 3.75. The predicted octanol–water partition coefficient (Wildman–Crippen LogP) is 2.22. The van der Waals surface area contributed by atoms with E-state index in [1.54, 1.807) is 6.07 Å². The molecule has 1 saturated heterocycles. The molecule has 1 aromatic rings. The standard InChI is InChI=1S/C15H21ClN2O2/c1-11(20-14-5-3-2-4-13(14)16)10-18-15(19)12-6-8-17-9-7-12/h2-5,11-12,17H,6-10H2,1H3,(H,18,19). The largest absolute Gasteiger partial charge is 0.487 e. The van der Waals surface area contributed by atoms with Gasteiger partial charge in [0.1, 0.15) is 11.9 Å². The van der Waals surface area contributed by atoms with Crippen molar-refractivity contribution >= 4 is 17.5 Å². The topological polar surface area (TPSA) is 50.4 Å². The van der Waals surface area contributed by atoms with Crippen LogP contribution >= 0.6 is 11.6 Å². The highest BCUT2D eigenvalue weighted by Crippen LogP contribution is 2.24. The van der Waals surface area contributed by atoms with Crippen LogP contribution in [-0.2, 0) is 4.79 Å². The van der Waals surface area contributed by atoms with Gasteiger partial charge >= 0.3 is 0 Å². The number of benzene rings is 1. The number of ether oxygens (including phenoxy) is 1. The van der Waals surface area contributed by atoms with Crippen LogP contribution in [0, 0.1) is 5.92 Å². The fourth-order valence-corrected chi connectivity index (χ4v) is 2.45. The minimum absolute atomic E-state index is 0.111. The van der Waals surface area contributed by atoms with E-state index in [4.69, 9.17) is 16.3 Å². The zero-order chi connectivity index (χ0) is 14.4. The predicted molar refractivity (Wildman–Crippen MR) is 80.1 cm³/mol. The third-order valence-electron chi connectivity index (χ3n) is 3.44. The Morgan fingerprint density at radius 2 is 2.15 bits per heavy atom. The number of para-hydroxylation sites is 1. The van der Waals surface area contributed by atoms with E-state index in [0.29, 0.717) is 17.3 Å². The van der Waals surface area contributed by atoms with Crippen molar-refractivity contribution in [2.45, 2.75) is 25.9 Å². The van der Waals surface area contributed by atoms with Gasteiger partial charge in [-0.2, -0.15) is 0 Å². The van der Waals surface area contributed by atoms with Gasteiger partial charge in [-0.1, -0.05) is 23.7 Å². The van der Waals surface area contributed by atoms with Gasteiger partial charge in [0.05, 0.1) is 11.6 Å². The molecule has 0 aliphatic carbocycles. The molecule has 110 valence electrons. The van der Waals surface area contributed by atoms with Crippen LogP contribution in [0.15, 0.2) is 24.3 Å². The summed E-state index contributed by atoms with van der Waals surface area (Å²) in [5.74, 6) is 0.905. The SMILES string of the molecule is CC(CNC(=O)C1CCNCC1)Oc1ccccc1Cl. The molecule has 1 aliphatic heterocycles. The second-order valence-electron chi connectivity index (χ2n) is 5.13. The molecular formula is C15H21ClN2O2. The number of hydrogen-bond acceptors (Lipinski definition) is 3. The van der Waals surface area contributed by atoms with E-state index in [0.717, 1.165) is 25.9 Å². The second-order valence-corrected chi connectivity index (χ2v) is 5.54. The van der Waals surface area contributed by atoms with Crippen LogP contribution in [0.2, 0.25) is 5.02 Å². The van der Waals surface area contributed by atoms with Crippen molar-refractivity contribution in [3.63, 3.8) is 0 Å². The highest BCUT2D eigenvalue weighted by Gasteiger charge is 2.21. The van der Waals surface area contributed by atoms with Gasteiger partial charge in [0.15, 0.2) is 0 Å². The lowest BCUT2D eigenvalue weighted by Gasteiger charge is -2.23. The monoisotopic (exact) mass is 296 g/mol. The lowest BCUT2D eigenvalue weighted by molar-refractivity contribution is -0.126. The molecule has 1 atom stereocenters. The summed E-state index contributed by atoms with van der Waals surface area (Å²) < 4.78 is 5.72. The number of amides is 1. The van der Waals surface area contributed by atoms with E-state index in [-0.39, 0.29) is 17.9 Å². The molecule has 2 rings (SSSR count). The fraction of sp³-hybridized carbons (Fsp3) is 0.533. The molecule has 2 N–H and O–H groups in total. The molecule has 1 aliphatic rings. The van der Waals surface area contributed by atoms with Crippen molar-refractivity contribution in [2.75, 3.05) is 19.6 Å². The average molecular weight is 297 g/mol. The highest BCUT2D eigenvalue weighted by atomic mass is 35.5. The minimum atomic E-state index is -0.111. The zero-order valence-electron chi connectivity index (χ0n) is 11.7. The van der Waals surface area contributed by atoms with Crippen LogP contribution in [0.25, 0.3) is 0 Å². The van der Waals surface area contributed by atoms with Gasteiger partial charge in [0, 0.05) is 5.92 Å². The molecule has 0 saturated carbocycles. The molecule has 0 aromatic heterocycles. The van der Waals surface area contributed by atoms with Crippen LogP contribution in [-0.4, -0.2) is 31.6 Å². The molecule has 1 unspecified atom stereocenters. The Morgan fingerprint density at radius 1 is 1.45 bits per heavy atom. The Labute approximate surface area is 124 Å². The van der Waals surface area contributed by atoms with Crippen molar-refractivity contribution in [2.24, 2.45) is 5.92 Å². The summed E-state index contributed by atoms with van der Waals surface area (Å²) in [6.45, 7) is 4.26. The first-order valence-electron chi connectivity index (χ1n) is 7.06. The maximum Gasteiger partial charge on any atom is 0.223 e. The number of piperidine rings is 1. The quantitative estimate of drug-likeness (QED) is 0.876. The molecule has 4 nitrogen and oxygen atoms in total. The summed E-state index contributed by atoms with van der Waals surface area (Å²) in [7, 11) is 0. The molecule has 1 aromatic carbocycles. The van der Waals surface area contributed by atoms with Gasteiger partial charge in [-0.3, -0.25) is 4.79 Å². The molecule has 1 heterocycles. The summed E-state index contributed by atoms with van der Waals surface area (Å²) in [5, 5.41) is 6.80. The molecule has 1 fully saturated rings. The lowest BCUT2D eigenvalue weighted by Crippen LogP contribution is -2.41. The van der Waals surface area contributed by atoms with Gasteiger partial charge in [-0.05, 0) is 45.0 Å². The number of halogens is 1. The first kappa shape index (κ1) is 15.1. The highest BCUT2D eigenvalue weighted by molar-refractivity contribution is 6.32. The lowest BCUT2D eigenvalue weighted by atomic mass is 9.97. The molecule has 0 bridgehead atoms. The summed E-state index contributed by atoms with van der Waals surface area (Å²) in [4.78, 5) is 12.0. The Hall–Kier alpha value is -1.26. The van der Waals surface area contributed by atoms with Crippen molar-refractivity contribution in [1.29, 1.82) is 0 Å². The van der Waals surface area contributed by atoms with Crippen molar-refractivity contribution in [3.8, 4) is 5.75 Å². The molecule has 5 heteroatoms. The first-order chi connectivity index (χ1) is 9.66. The van der Waals surface area contributed by atoms with E-state index in [1.807, 2.05) is 25.1 Å². The van der Waals surface area contributed by atoms with E-state index < -0.39 is 0 Å². The van der Waals surface area contributed by atoms with E-state index >= 15 is 0 Å². The van der Waals surface area contributed by atoms with Crippen LogP contribution < -0.4 is 15.4 Å². The average Bonchev–Trinajstić information content (AvgIpc) is 2.48. The van der Waals surface area contributed by atoms with Gasteiger partial charge in [-0.15, -0.1) is 0 Å². The number of hydrogen-bond donors (Lipinski definition) is 2. The molecule has 20 heavy (non-hydrogen) atoms. The van der Waals surface area contributed by atoms with Gasteiger partial charge in [0.2, 0.25) is 5.91 Å². The number of nitrogens with one attached hydrogen (secondary N) is 2. The summed E-state index contributed by atoms with van der Waals surface area (Å²) in [5.41, 5.74) is 0. The first-order valence-corrected chi connectivity index (χ1v) is 7.44. The summed E-state index contributed by atoms with van der Waals surface area (Å²) >= 11 is 6.03. The molecule has 1 amide bonds. The third kappa shape index (κ3) is 4.39. The molecule has 0 spiro atoms.